The molecule has 1 aliphatic heterocycles. The van der Waals surface area contributed by atoms with Gasteiger partial charge in [0.1, 0.15) is 0 Å². The number of carboxylic acid groups (broad SMARTS) is 1. The van der Waals surface area contributed by atoms with Crippen LogP contribution in [0.15, 0.2) is 41.6 Å². The van der Waals surface area contributed by atoms with Crippen LogP contribution in [0, 0.1) is 0 Å². The number of nitrogens with zero attached hydrogens (tertiary/aromatic N) is 1. The summed E-state index contributed by atoms with van der Waals surface area (Å²) in [5.41, 5.74) is -0.264. The molecule has 0 saturated carbocycles. The van der Waals surface area contributed by atoms with Crippen molar-refractivity contribution in [3.63, 3.8) is 0 Å². The number of benzene rings is 2. The van der Waals surface area contributed by atoms with Gasteiger partial charge < -0.3 is 19.4 Å². The first-order valence-corrected chi connectivity index (χ1v) is 6.95. The van der Waals surface area contributed by atoms with Crippen LogP contribution in [0.4, 0.5) is 0 Å². The molecule has 1 N–H and O–H groups in total. The molecule has 2 aromatic rings. The number of carboxylic acids is 1. The Kier molecular flexibility index (Phi) is 3.84. The lowest BCUT2D eigenvalue weighted by Gasteiger charge is -2.06. The maximum Gasteiger partial charge on any atom is 0.416 e. The summed E-state index contributed by atoms with van der Waals surface area (Å²) in [6.07, 6.45) is -1.18. The lowest BCUT2D eigenvalue weighted by Crippen LogP contribution is -2.30. The van der Waals surface area contributed by atoms with E-state index >= 15 is 0 Å². The van der Waals surface area contributed by atoms with Crippen molar-refractivity contribution >= 4 is 28.4 Å². The first-order valence-electron chi connectivity index (χ1n) is 6.95. The van der Waals surface area contributed by atoms with Gasteiger partial charge in [-0.05, 0) is 29.3 Å². The molecule has 0 atom stereocenters. The van der Waals surface area contributed by atoms with E-state index in [2.05, 4.69) is 9.99 Å². The highest BCUT2D eigenvalue weighted by Gasteiger charge is 2.33. The number of carbonyl (C=O) groups excluding carboxylic acids is 1. The highest BCUT2D eigenvalue weighted by atomic mass is 16.8. The van der Waals surface area contributed by atoms with Crippen molar-refractivity contribution in [2.75, 3.05) is 0 Å². The molecule has 0 amide bonds. The fourth-order valence-electron chi connectivity index (χ4n) is 2.13. The Balaban J connectivity index is 1.75. The maximum absolute atomic E-state index is 11.9. The summed E-state index contributed by atoms with van der Waals surface area (Å²) in [4.78, 5) is 27.3. The number of ether oxygens (including phenoxy) is 2. The number of rotatable bonds is 4. The van der Waals surface area contributed by atoms with Crippen LogP contribution in [0.2, 0.25) is 0 Å². The predicted octanol–water partition coefficient (Wildman–Crippen LogP) is 2.33. The topological polar surface area (TPSA) is 94.4 Å². The average Bonchev–Trinajstić information content (AvgIpc) is 2.95. The van der Waals surface area contributed by atoms with E-state index in [0.29, 0.717) is 11.5 Å². The molecule has 1 heterocycles. The van der Waals surface area contributed by atoms with Gasteiger partial charge in [0.2, 0.25) is 0 Å². The van der Waals surface area contributed by atoms with Crippen LogP contribution in [0.5, 0.6) is 11.5 Å². The number of carbonyl (C=O) groups is 2. The molecule has 0 aliphatic carbocycles. The summed E-state index contributed by atoms with van der Waals surface area (Å²) in [6, 6.07) is 11.1. The summed E-state index contributed by atoms with van der Waals surface area (Å²) in [5.74, 6) is -1.33. The van der Waals surface area contributed by atoms with Crippen molar-refractivity contribution in [1.29, 1.82) is 0 Å². The number of hydrogen-bond donors (Lipinski definition) is 1. The minimum atomic E-state index is -1.31. The standard InChI is InChI=1S/C16H13NO6/c1-2-11(14(18)19)17-23-15(20)16-21-12-7-9-5-3-4-6-10(9)8-13(12)22-16/h3-8,16H,2H2,1H3,(H,18,19). The maximum atomic E-state index is 11.9. The van der Waals surface area contributed by atoms with Crippen LogP contribution in [-0.4, -0.2) is 29.0 Å². The molecule has 2 aromatic carbocycles. The predicted molar refractivity (Wildman–Crippen MR) is 80.4 cm³/mol. The second kappa shape index (κ2) is 5.96. The fraction of sp³-hybridized carbons (Fsp3) is 0.188. The molecule has 7 heteroatoms. The van der Waals surface area contributed by atoms with Gasteiger partial charge in [0.25, 0.3) is 0 Å². The number of hydrogen-bond acceptors (Lipinski definition) is 6. The van der Waals surface area contributed by atoms with Crippen LogP contribution in [0.25, 0.3) is 10.8 Å². The summed E-state index contributed by atoms with van der Waals surface area (Å²) >= 11 is 0. The Morgan fingerprint density at radius 1 is 1.17 bits per heavy atom. The van der Waals surface area contributed by atoms with Gasteiger partial charge in [0, 0.05) is 0 Å². The monoisotopic (exact) mass is 315 g/mol. The molecule has 0 spiro atoms. The summed E-state index contributed by atoms with van der Waals surface area (Å²) in [5, 5.41) is 14.0. The minimum absolute atomic E-state index is 0.126. The second-order valence-electron chi connectivity index (χ2n) is 4.82. The van der Waals surface area contributed by atoms with Crippen molar-refractivity contribution in [3.8, 4) is 11.5 Å². The van der Waals surface area contributed by atoms with Crippen molar-refractivity contribution in [2.45, 2.75) is 19.6 Å². The van der Waals surface area contributed by atoms with E-state index in [9.17, 15) is 9.59 Å². The second-order valence-corrected chi connectivity index (χ2v) is 4.82. The molecule has 0 aromatic heterocycles. The van der Waals surface area contributed by atoms with Crippen molar-refractivity contribution < 1.29 is 29.0 Å². The van der Waals surface area contributed by atoms with Gasteiger partial charge in [0.05, 0.1) is 0 Å². The molecule has 0 bridgehead atoms. The number of oxime groups is 1. The van der Waals surface area contributed by atoms with Crippen molar-refractivity contribution in [2.24, 2.45) is 5.16 Å². The molecule has 1 aliphatic rings. The molecular weight excluding hydrogens is 302 g/mol. The number of aliphatic carboxylic acids is 1. The Hall–Kier alpha value is -3.09. The third-order valence-corrected chi connectivity index (χ3v) is 3.30. The normalized spacial score (nSPS) is 14.0. The van der Waals surface area contributed by atoms with Gasteiger partial charge in [-0.2, -0.15) is 0 Å². The highest BCUT2D eigenvalue weighted by molar-refractivity contribution is 6.35. The largest absolute Gasteiger partial charge is 0.477 e. The fourth-order valence-corrected chi connectivity index (χ4v) is 2.13. The van der Waals surface area contributed by atoms with Crippen LogP contribution in [0.3, 0.4) is 0 Å². The van der Waals surface area contributed by atoms with E-state index in [1.165, 1.54) is 0 Å². The van der Waals surface area contributed by atoms with Crippen LogP contribution in [-0.2, 0) is 14.4 Å². The lowest BCUT2D eigenvalue weighted by molar-refractivity contribution is -0.162. The molecule has 23 heavy (non-hydrogen) atoms. The van der Waals surface area contributed by atoms with E-state index in [4.69, 9.17) is 14.6 Å². The Morgan fingerprint density at radius 3 is 2.22 bits per heavy atom. The smallest absolute Gasteiger partial charge is 0.416 e. The van der Waals surface area contributed by atoms with E-state index in [1.54, 1.807) is 19.1 Å². The van der Waals surface area contributed by atoms with Gasteiger partial charge in [-0.25, -0.2) is 9.59 Å². The molecular formula is C16H13NO6. The zero-order valence-electron chi connectivity index (χ0n) is 12.2. The quantitative estimate of drug-likeness (QED) is 0.528. The van der Waals surface area contributed by atoms with E-state index in [-0.39, 0.29) is 12.1 Å². The first kappa shape index (κ1) is 14.8. The van der Waals surface area contributed by atoms with E-state index in [1.807, 2.05) is 24.3 Å². The van der Waals surface area contributed by atoms with Crippen molar-refractivity contribution in [3.05, 3.63) is 36.4 Å². The third kappa shape index (κ3) is 2.94. The van der Waals surface area contributed by atoms with Gasteiger partial charge in [0.15, 0.2) is 17.2 Å². The molecule has 3 rings (SSSR count). The van der Waals surface area contributed by atoms with Gasteiger partial charge in [-0.1, -0.05) is 36.3 Å². The lowest BCUT2D eigenvalue weighted by atomic mass is 10.1. The first-order chi connectivity index (χ1) is 11.1. The SMILES string of the molecule is CCC(=NOC(=O)C1Oc2cc3ccccc3cc2O1)C(=O)O. The highest BCUT2D eigenvalue weighted by Crippen LogP contribution is 2.38. The summed E-state index contributed by atoms with van der Waals surface area (Å²) in [7, 11) is 0. The zero-order valence-corrected chi connectivity index (χ0v) is 12.2. The van der Waals surface area contributed by atoms with Crippen LogP contribution >= 0.6 is 0 Å². The molecule has 0 fully saturated rings. The Bertz CT molecular complexity index is 769. The summed E-state index contributed by atoms with van der Waals surface area (Å²) < 4.78 is 10.8. The van der Waals surface area contributed by atoms with E-state index < -0.39 is 18.2 Å². The molecule has 0 radical (unpaired) electrons. The van der Waals surface area contributed by atoms with Gasteiger partial charge in [-0.15, -0.1) is 0 Å². The van der Waals surface area contributed by atoms with Gasteiger partial charge >= 0.3 is 18.2 Å². The van der Waals surface area contributed by atoms with Crippen LogP contribution in [0.1, 0.15) is 13.3 Å². The van der Waals surface area contributed by atoms with Gasteiger partial charge in [-0.3, -0.25) is 0 Å². The molecule has 118 valence electrons. The van der Waals surface area contributed by atoms with Crippen LogP contribution < -0.4 is 9.47 Å². The minimum Gasteiger partial charge on any atom is -0.477 e. The number of fused-ring (bicyclic) bond motifs is 2. The Morgan fingerprint density at radius 2 is 1.74 bits per heavy atom. The molecule has 7 nitrogen and oxygen atoms in total. The molecule has 0 unspecified atom stereocenters. The Labute approximate surface area is 131 Å². The summed E-state index contributed by atoms with van der Waals surface area (Å²) in [6.45, 7) is 1.59. The van der Waals surface area contributed by atoms with Crippen molar-refractivity contribution in [1.82, 2.24) is 0 Å². The zero-order chi connectivity index (χ0) is 16.4. The average molecular weight is 315 g/mol. The van der Waals surface area contributed by atoms with E-state index in [0.717, 1.165) is 10.8 Å². The third-order valence-electron chi connectivity index (χ3n) is 3.30. The molecule has 0 saturated heterocycles.